The number of carbonyl (C=O) groups excluding carboxylic acids is 2. The van der Waals surface area contributed by atoms with Gasteiger partial charge in [-0.25, -0.2) is 0 Å². The predicted octanol–water partition coefficient (Wildman–Crippen LogP) is 1.64. The van der Waals surface area contributed by atoms with Gasteiger partial charge in [-0.05, 0) is 18.8 Å². The second-order valence-electron chi connectivity index (χ2n) is 5.38. The molecule has 84 valence electrons. The fraction of sp³-hybridized carbons (Fsp3) is 0.818. The molecule has 0 spiro atoms. The maximum atomic E-state index is 12.2. The first-order valence-electron chi connectivity index (χ1n) is 5.20. The van der Waals surface area contributed by atoms with Crippen molar-refractivity contribution >= 4 is 23.4 Å². The highest BCUT2D eigenvalue weighted by molar-refractivity contribution is 6.24. The highest BCUT2D eigenvalue weighted by Gasteiger charge is 2.67. The Hall–Kier alpha value is -0.570. The first-order valence-corrected chi connectivity index (χ1v) is 5.64. The Labute approximate surface area is 94.8 Å². The smallest absolute Gasteiger partial charge is 0.236 e. The number of halogens is 1. The van der Waals surface area contributed by atoms with E-state index in [9.17, 15) is 9.59 Å². The van der Waals surface area contributed by atoms with Crippen molar-refractivity contribution in [3.05, 3.63) is 0 Å². The molecule has 3 unspecified atom stereocenters. The summed E-state index contributed by atoms with van der Waals surface area (Å²) in [7, 11) is 1.56. The van der Waals surface area contributed by atoms with Crippen molar-refractivity contribution in [3.8, 4) is 0 Å². The molecule has 4 heteroatoms. The zero-order valence-corrected chi connectivity index (χ0v) is 10.3. The number of alkyl halides is 1. The number of nitrogens with zero attached hydrogens (tertiary/aromatic N) is 1. The largest absolute Gasteiger partial charge is 0.285 e. The Kier molecular flexibility index (Phi) is 2.01. The molecule has 2 amide bonds. The highest BCUT2D eigenvalue weighted by Crippen LogP contribution is 2.61. The van der Waals surface area contributed by atoms with Crippen LogP contribution in [-0.4, -0.2) is 29.1 Å². The molecule has 2 bridgehead atoms. The molecule has 1 heterocycles. The van der Waals surface area contributed by atoms with E-state index in [4.69, 9.17) is 11.6 Å². The third-order valence-electron chi connectivity index (χ3n) is 4.66. The lowest BCUT2D eigenvalue weighted by molar-refractivity contribution is -0.165. The average molecular weight is 230 g/mol. The van der Waals surface area contributed by atoms with Crippen LogP contribution in [0.15, 0.2) is 0 Å². The Morgan fingerprint density at radius 2 is 1.87 bits per heavy atom. The van der Waals surface area contributed by atoms with Gasteiger partial charge < -0.3 is 0 Å². The molecule has 2 rings (SSSR count). The quantitative estimate of drug-likeness (QED) is 0.468. The molecule has 1 saturated heterocycles. The standard InChI is InChI=1S/C11H16ClNO2/c1-10(2)6-5-7(12)11(10,3)9(15)13(4)8(6)14/h6-7H,5H2,1-4H3. The lowest BCUT2D eigenvalue weighted by Crippen LogP contribution is -2.59. The minimum Gasteiger partial charge on any atom is -0.285 e. The van der Waals surface area contributed by atoms with E-state index in [1.807, 2.05) is 20.8 Å². The zero-order chi connectivity index (χ0) is 11.6. The van der Waals surface area contributed by atoms with E-state index in [1.54, 1.807) is 7.05 Å². The first kappa shape index (κ1) is 10.9. The minimum absolute atomic E-state index is 0.0781. The van der Waals surface area contributed by atoms with E-state index in [0.29, 0.717) is 6.42 Å². The van der Waals surface area contributed by atoms with Crippen LogP contribution in [0.1, 0.15) is 27.2 Å². The summed E-state index contributed by atoms with van der Waals surface area (Å²) in [6, 6.07) is 0. The molecule has 2 fully saturated rings. The number of hydrogen-bond acceptors (Lipinski definition) is 2. The molecule has 0 aromatic carbocycles. The summed E-state index contributed by atoms with van der Waals surface area (Å²) in [6.45, 7) is 5.83. The van der Waals surface area contributed by atoms with Crippen molar-refractivity contribution < 1.29 is 9.59 Å². The molecule has 0 radical (unpaired) electrons. The summed E-state index contributed by atoms with van der Waals surface area (Å²) in [5.74, 6) is -0.329. The van der Waals surface area contributed by atoms with Gasteiger partial charge >= 0.3 is 0 Å². The molecule has 15 heavy (non-hydrogen) atoms. The predicted molar refractivity (Wildman–Crippen MR) is 57.4 cm³/mol. The maximum absolute atomic E-state index is 12.2. The van der Waals surface area contributed by atoms with Gasteiger partial charge in [-0.15, -0.1) is 11.6 Å². The van der Waals surface area contributed by atoms with Crippen LogP contribution in [0.3, 0.4) is 0 Å². The summed E-state index contributed by atoms with van der Waals surface area (Å²) >= 11 is 6.26. The molecular weight excluding hydrogens is 214 g/mol. The van der Waals surface area contributed by atoms with Crippen molar-refractivity contribution in [2.75, 3.05) is 7.05 Å². The second-order valence-corrected chi connectivity index (χ2v) is 5.91. The molecule has 3 atom stereocenters. The van der Waals surface area contributed by atoms with Crippen LogP contribution < -0.4 is 0 Å². The number of piperidine rings is 1. The summed E-state index contributed by atoms with van der Waals surface area (Å²) in [5.41, 5.74) is -0.942. The SMILES string of the molecule is CN1C(=O)C2CC(Cl)C(C)(C1=O)C2(C)C. The van der Waals surface area contributed by atoms with Crippen molar-refractivity contribution in [3.63, 3.8) is 0 Å². The molecule has 2 aliphatic rings. The maximum Gasteiger partial charge on any atom is 0.236 e. The van der Waals surface area contributed by atoms with E-state index < -0.39 is 5.41 Å². The number of carbonyl (C=O) groups is 2. The number of fused-ring (bicyclic) bond motifs is 2. The molecular formula is C11H16ClNO2. The third kappa shape index (κ3) is 0.975. The van der Waals surface area contributed by atoms with Crippen LogP contribution in [0.2, 0.25) is 0 Å². The van der Waals surface area contributed by atoms with E-state index >= 15 is 0 Å². The topological polar surface area (TPSA) is 37.4 Å². The Morgan fingerprint density at radius 3 is 2.40 bits per heavy atom. The van der Waals surface area contributed by atoms with Gasteiger partial charge in [-0.1, -0.05) is 13.8 Å². The van der Waals surface area contributed by atoms with Crippen LogP contribution in [0.5, 0.6) is 0 Å². The van der Waals surface area contributed by atoms with Gasteiger partial charge in [-0.3, -0.25) is 14.5 Å². The molecule has 1 aliphatic heterocycles. The Morgan fingerprint density at radius 1 is 1.33 bits per heavy atom. The summed E-state index contributed by atoms with van der Waals surface area (Å²) in [6.07, 6.45) is 0.611. The van der Waals surface area contributed by atoms with Crippen molar-refractivity contribution in [1.82, 2.24) is 4.90 Å². The van der Waals surface area contributed by atoms with Crippen LogP contribution in [-0.2, 0) is 9.59 Å². The van der Waals surface area contributed by atoms with E-state index in [1.165, 1.54) is 4.90 Å². The van der Waals surface area contributed by atoms with Crippen LogP contribution in [0.25, 0.3) is 0 Å². The molecule has 1 aliphatic carbocycles. The second kappa shape index (κ2) is 2.76. The van der Waals surface area contributed by atoms with Gasteiger partial charge in [0.1, 0.15) is 0 Å². The summed E-state index contributed by atoms with van der Waals surface area (Å²) in [5, 5.41) is -0.237. The molecule has 3 nitrogen and oxygen atoms in total. The third-order valence-corrected chi connectivity index (χ3v) is 5.27. The molecule has 0 aromatic heterocycles. The number of amides is 2. The van der Waals surface area contributed by atoms with Gasteiger partial charge in [0.15, 0.2) is 0 Å². The van der Waals surface area contributed by atoms with Crippen molar-refractivity contribution in [2.24, 2.45) is 16.7 Å². The van der Waals surface area contributed by atoms with Crippen LogP contribution >= 0.6 is 11.6 Å². The Balaban J connectivity index is 2.60. The van der Waals surface area contributed by atoms with Gasteiger partial charge in [0.05, 0.1) is 5.41 Å². The molecule has 1 saturated carbocycles. The van der Waals surface area contributed by atoms with Crippen molar-refractivity contribution in [1.29, 1.82) is 0 Å². The molecule has 0 aromatic rings. The molecule has 0 N–H and O–H groups in total. The minimum atomic E-state index is -0.609. The lowest BCUT2D eigenvalue weighted by Gasteiger charge is -2.47. The number of imide groups is 1. The fourth-order valence-corrected chi connectivity index (χ4v) is 3.56. The monoisotopic (exact) mass is 229 g/mol. The van der Waals surface area contributed by atoms with E-state index in [2.05, 4.69) is 0 Å². The van der Waals surface area contributed by atoms with Crippen LogP contribution in [0.4, 0.5) is 0 Å². The number of likely N-dealkylation sites (tertiary alicyclic amines) is 1. The number of rotatable bonds is 0. The van der Waals surface area contributed by atoms with Gasteiger partial charge in [0, 0.05) is 18.3 Å². The first-order chi connectivity index (χ1) is 6.74. The fourth-order valence-electron chi connectivity index (χ4n) is 3.00. The normalized spacial score (nSPS) is 43.7. The summed E-state index contributed by atoms with van der Waals surface area (Å²) in [4.78, 5) is 25.4. The lowest BCUT2D eigenvalue weighted by atomic mass is 9.62. The van der Waals surface area contributed by atoms with E-state index in [0.717, 1.165) is 0 Å². The van der Waals surface area contributed by atoms with Crippen molar-refractivity contribution in [2.45, 2.75) is 32.6 Å². The van der Waals surface area contributed by atoms with Crippen LogP contribution in [0, 0.1) is 16.7 Å². The van der Waals surface area contributed by atoms with Gasteiger partial charge in [-0.2, -0.15) is 0 Å². The highest BCUT2D eigenvalue weighted by atomic mass is 35.5. The average Bonchev–Trinajstić information content (AvgIpc) is 2.31. The summed E-state index contributed by atoms with van der Waals surface area (Å²) < 4.78 is 0. The van der Waals surface area contributed by atoms with Gasteiger partial charge in [0.2, 0.25) is 11.8 Å². The Bertz CT molecular complexity index is 352. The zero-order valence-electron chi connectivity index (χ0n) is 9.50. The number of hydrogen-bond donors (Lipinski definition) is 0. The van der Waals surface area contributed by atoms with E-state index in [-0.39, 0.29) is 28.5 Å². The van der Waals surface area contributed by atoms with Gasteiger partial charge in [0.25, 0.3) is 0 Å².